The second kappa shape index (κ2) is 6.05. The highest BCUT2D eigenvalue weighted by Crippen LogP contribution is 2.51. The Kier molecular flexibility index (Phi) is 3.70. The van der Waals surface area contributed by atoms with Crippen LogP contribution in [-0.2, 0) is 9.54 Å². The molecular formula is C24H20N2O2S2. The molecule has 2 N–H and O–H groups in total. The summed E-state index contributed by atoms with van der Waals surface area (Å²) in [4.78, 5) is 20.6. The predicted molar refractivity (Wildman–Crippen MR) is 125 cm³/mol. The van der Waals surface area contributed by atoms with Gasteiger partial charge in [-0.2, -0.15) is 0 Å². The van der Waals surface area contributed by atoms with E-state index < -0.39 is 0 Å². The Morgan fingerprint density at radius 1 is 0.967 bits per heavy atom. The number of nitrogens with one attached hydrogen (secondary N) is 1. The number of aromatic nitrogens is 1. The Morgan fingerprint density at radius 2 is 1.63 bits per heavy atom. The van der Waals surface area contributed by atoms with Gasteiger partial charge >= 0.3 is 0 Å². The molecule has 2 aromatic carbocycles. The van der Waals surface area contributed by atoms with E-state index in [2.05, 4.69) is 58.9 Å². The molecule has 2 atom stereocenters. The minimum atomic E-state index is -0.261. The lowest BCUT2D eigenvalue weighted by molar-refractivity contribution is -0.112. The smallest absolute Gasteiger partial charge is 0.275 e. The lowest BCUT2D eigenvalue weighted by atomic mass is 9.93. The summed E-state index contributed by atoms with van der Waals surface area (Å²) in [5.74, 6) is 0.0881. The molecule has 1 aromatic heterocycles. The van der Waals surface area contributed by atoms with Crippen molar-refractivity contribution >= 4 is 56.7 Å². The fourth-order valence-corrected chi connectivity index (χ4v) is 7.05. The number of fused-ring (bicyclic) bond motifs is 5. The zero-order valence-electron chi connectivity index (χ0n) is 16.7. The fraction of sp³-hybridized carbons (Fsp3) is 0.250. The summed E-state index contributed by atoms with van der Waals surface area (Å²) < 4.78 is -0.446. The van der Waals surface area contributed by atoms with Gasteiger partial charge in [-0.1, -0.05) is 36.4 Å². The molecule has 0 saturated carbocycles. The largest absolute Gasteiger partial charge is 0.494 e. The molecule has 6 heteroatoms. The van der Waals surface area contributed by atoms with E-state index in [1.165, 1.54) is 0 Å². The van der Waals surface area contributed by atoms with Gasteiger partial charge in [0.05, 0.1) is 20.4 Å². The number of aromatic hydroxyl groups is 1. The molecule has 150 valence electrons. The highest BCUT2D eigenvalue weighted by atomic mass is 32.2. The lowest BCUT2D eigenvalue weighted by Gasteiger charge is -2.22. The van der Waals surface area contributed by atoms with E-state index in [1.54, 1.807) is 23.5 Å². The van der Waals surface area contributed by atoms with Gasteiger partial charge in [0.15, 0.2) is 5.88 Å². The molecule has 4 heterocycles. The summed E-state index contributed by atoms with van der Waals surface area (Å²) >= 11 is 3.43. The predicted octanol–water partition coefficient (Wildman–Crippen LogP) is 4.61. The maximum absolute atomic E-state index is 12.9. The molecular weight excluding hydrogens is 412 g/mol. The minimum Gasteiger partial charge on any atom is -0.494 e. The Bertz CT molecular complexity index is 1450. The number of carbonyl (C=O) groups excluding carboxylic acids is 1. The maximum Gasteiger partial charge on any atom is 0.275 e. The van der Waals surface area contributed by atoms with Crippen molar-refractivity contribution in [1.82, 2.24) is 4.98 Å². The van der Waals surface area contributed by atoms with Crippen LogP contribution >= 0.6 is 23.5 Å². The third kappa shape index (κ3) is 2.32. The second-order valence-corrected chi connectivity index (χ2v) is 11.4. The van der Waals surface area contributed by atoms with E-state index in [-0.39, 0.29) is 21.3 Å². The Labute approximate surface area is 181 Å². The van der Waals surface area contributed by atoms with Gasteiger partial charge in [-0.3, -0.25) is 4.79 Å². The van der Waals surface area contributed by atoms with Crippen molar-refractivity contribution in [3.8, 4) is 5.88 Å². The molecule has 1 amide bonds. The van der Waals surface area contributed by atoms with Gasteiger partial charge in [0.2, 0.25) is 0 Å². The first-order valence-electron chi connectivity index (χ1n) is 10.0. The molecule has 0 fully saturated rings. The first-order valence-corrected chi connectivity index (χ1v) is 11.8. The third-order valence-corrected chi connectivity index (χ3v) is 8.98. The highest BCUT2D eigenvalue weighted by Gasteiger charge is 2.38. The number of aromatic amines is 1. The van der Waals surface area contributed by atoms with Gasteiger partial charge in [-0.25, -0.2) is 4.99 Å². The van der Waals surface area contributed by atoms with Crippen LogP contribution in [0.3, 0.4) is 0 Å². The standard InChI is InChI=1S/C24H20N2O2S2/c1-23(9-3-11-29-23)17-15-7-5-14-13(19(15)25-21(17)27)6-8-16-18(22(28)26-20(14)16)24(2)10-4-12-30-24/h3-8,11-12,25,27H,9-10H2,1-2H3. The Balaban J connectivity index is 1.65. The number of allylic oxidation sites excluding steroid dienone is 2. The Hall–Kier alpha value is -2.44. The van der Waals surface area contributed by atoms with Crippen LogP contribution in [0.1, 0.15) is 32.3 Å². The molecule has 0 radical (unpaired) electrons. The molecule has 30 heavy (non-hydrogen) atoms. The molecule has 6 rings (SSSR count). The number of thioether (sulfide) groups is 2. The summed E-state index contributed by atoms with van der Waals surface area (Å²) in [5, 5.41) is 19.6. The summed E-state index contributed by atoms with van der Waals surface area (Å²) in [6.45, 7) is 4.28. The number of nitrogens with zero attached hydrogens (tertiary/aromatic N) is 1. The van der Waals surface area contributed by atoms with Gasteiger partial charge in [-0.15, -0.1) is 23.5 Å². The van der Waals surface area contributed by atoms with Crippen LogP contribution in [0.15, 0.2) is 52.2 Å². The maximum atomic E-state index is 12.9. The normalized spacial score (nSPS) is 27.5. The van der Waals surface area contributed by atoms with E-state index >= 15 is 0 Å². The summed E-state index contributed by atoms with van der Waals surface area (Å²) in [6, 6.07) is 8.18. The average Bonchev–Trinajstić information content (AvgIpc) is 3.46. The zero-order valence-corrected chi connectivity index (χ0v) is 18.3. The molecule has 0 saturated heterocycles. The Morgan fingerprint density at radius 3 is 2.33 bits per heavy atom. The van der Waals surface area contributed by atoms with Crippen molar-refractivity contribution in [3.63, 3.8) is 0 Å². The minimum absolute atomic E-state index is 0.132. The number of benzene rings is 2. The molecule has 2 unspecified atom stereocenters. The van der Waals surface area contributed by atoms with Crippen LogP contribution in [-0.4, -0.2) is 20.7 Å². The van der Waals surface area contributed by atoms with Crippen molar-refractivity contribution in [1.29, 1.82) is 0 Å². The first-order chi connectivity index (χ1) is 14.4. The van der Waals surface area contributed by atoms with Gasteiger partial charge in [0.25, 0.3) is 5.91 Å². The van der Waals surface area contributed by atoms with E-state index in [1.807, 2.05) is 12.1 Å². The number of hydrogen-bond donors (Lipinski definition) is 2. The van der Waals surface area contributed by atoms with Crippen molar-refractivity contribution < 1.29 is 9.90 Å². The van der Waals surface area contributed by atoms with Gasteiger partial charge in [0, 0.05) is 32.5 Å². The van der Waals surface area contributed by atoms with Crippen LogP contribution in [0.25, 0.3) is 27.2 Å². The molecule has 3 aromatic rings. The van der Waals surface area contributed by atoms with Crippen LogP contribution in [0.5, 0.6) is 5.88 Å². The zero-order chi connectivity index (χ0) is 20.7. The van der Waals surface area contributed by atoms with Gasteiger partial charge < -0.3 is 10.1 Å². The monoisotopic (exact) mass is 432 g/mol. The molecule has 0 aliphatic carbocycles. The molecule has 3 aliphatic rings. The van der Waals surface area contributed by atoms with E-state index in [0.717, 1.165) is 56.2 Å². The van der Waals surface area contributed by atoms with Gasteiger partial charge in [0.1, 0.15) is 0 Å². The van der Waals surface area contributed by atoms with Crippen LogP contribution in [0.2, 0.25) is 0 Å². The number of carbonyl (C=O) groups is 1. The summed E-state index contributed by atoms with van der Waals surface area (Å²) in [5.41, 5.74) is 2.64. The molecule has 4 nitrogen and oxygen atoms in total. The lowest BCUT2D eigenvalue weighted by Crippen LogP contribution is -2.31. The quantitative estimate of drug-likeness (QED) is 0.621. The average molecular weight is 433 g/mol. The third-order valence-electron chi connectivity index (χ3n) is 6.54. The SMILES string of the molecule is CC1(C2=c3ccc4c(ccc5c(C6(C)CC=CS6)c(O)[nH]c54)c3=NC2=O)CC=CS1. The van der Waals surface area contributed by atoms with Crippen molar-refractivity contribution in [3.05, 3.63) is 63.4 Å². The van der Waals surface area contributed by atoms with Crippen LogP contribution in [0, 0.1) is 0 Å². The topological polar surface area (TPSA) is 65.4 Å². The van der Waals surface area contributed by atoms with Gasteiger partial charge in [-0.05, 0) is 37.5 Å². The molecule has 0 bridgehead atoms. The first kappa shape index (κ1) is 18.3. The van der Waals surface area contributed by atoms with E-state index in [0.29, 0.717) is 0 Å². The van der Waals surface area contributed by atoms with E-state index in [4.69, 9.17) is 0 Å². The molecule has 3 aliphatic heterocycles. The van der Waals surface area contributed by atoms with Crippen LogP contribution < -0.4 is 10.6 Å². The number of amides is 1. The van der Waals surface area contributed by atoms with E-state index in [9.17, 15) is 9.90 Å². The van der Waals surface area contributed by atoms with Crippen LogP contribution in [0.4, 0.5) is 0 Å². The van der Waals surface area contributed by atoms with Crippen molar-refractivity contribution in [2.45, 2.75) is 36.2 Å². The number of rotatable bonds is 2. The second-order valence-electron chi connectivity index (χ2n) is 8.53. The molecule has 0 spiro atoms. The fourth-order valence-electron chi connectivity index (χ4n) is 5.04. The number of H-pyrrole nitrogens is 1. The van der Waals surface area contributed by atoms with Crippen molar-refractivity contribution in [2.24, 2.45) is 4.99 Å². The summed E-state index contributed by atoms with van der Waals surface area (Å²) in [6.07, 6.45) is 5.98. The number of hydrogen-bond acceptors (Lipinski definition) is 4. The summed E-state index contributed by atoms with van der Waals surface area (Å²) in [7, 11) is 0. The highest BCUT2D eigenvalue weighted by molar-refractivity contribution is 8.04. The van der Waals surface area contributed by atoms with Crippen molar-refractivity contribution in [2.75, 3.05) is 0 Å².